The average Bonchev–Trinajstić information content (AvgIpc) is 3.08. The van der Waals surface area contributed by atoms with Gasteiger partial charge < -0.3 is 4.90 Å². The van der Waals surface area contributed by atoms with Crippen molar-refractivity contribution in [2.75, 3.05) is 18.0 Å². The second-order valence-corrected chi connectivity index (χ2v) is 13.5. The van der Waals surface area contributed by atoms with Crippen molar-refractivity contribution in [3.8, 4) is 0 Å². The minimum absolute atomic E-state index is 0.114. The van der Waals surface area contributed by atoms with E-state index in [1.807, 2.05) is 24.3 Å². The van der Waals surface area contributed by atoms with Gasteiger partial charge in [-0.2, -0.15) is 13.0 Å². The van der Waals surface area contributed by atoms with E-state index in [1.54, 1.807) is 18.2 Å². The summed E-state index contributed by atoms with van der Waals surface area (Å²) in [6.45, 7) is 10.3. The van der Waals surface area contributed by atoms with E-state index in [0.29, 0.717) is 5.56 Å². The van der Waals surface area contributed by atoms with Crippen LogP contribution in [0.2, 0.25) is 0 Å². The summed E-state index contributed by atoms with van der Waals surface area (Å²) < 4.78 is 37.8. The third kappa shape index (κ3) is 8.26. The van der Waals surface area contributed by atoms with Gasteiger partial charge in [0.2, 0.25) is 11.4 Å². The van der Waals surface area contributed by atoms with Crippen molar-refractivity contribution in [2.24, 2.45) is 0 Å². The Labute approximate surface area is 280 Å². The third-order valence-electron chi connectivity index (χ3n) is 8.53. The molecule has 0 bridgehead atoms. The number of unbranched alkanes of at least 4 members (excludes halogenated alkanes) is 2. The quantitative estimate of drug-likeness (QED) is 0.123. The van der Waals surface area contributed by atoms with Gasteiger partial charge in [0.25, 0.3) is 10.1 Å². The normalized spacial score (nSPS) is 12.8. The Morgan fingerprint density at radius 1 is 0.702 bits per heavy atom. The van der Waals surface area contributed by atoms with Crippen LogP contribution in [0.15, 0.2) is 132 Å². The van der Waals surface area contributed by atoms with Crippen molar-refractivity contribution >= 4 is 38.5 Å². The number of benzene rings is 4. The molecule has 242 valence electrons. The Hall–Kier alpha value is -4.52. The minimum atomic E-state index is -4.47. The van der Waals surface area contributed by atoms with Crippen LogP contribution >= 0.6 is 0 Å². The Bertz CT molecular complexity index is 1900. The smallest absolute Gasteiger partial charge is 0.295 e. The zero-order valence-electron chi connectivity index (χ0n) is 27.9. The third-order valence-corrected chi connectivity index (χ3v) is 9.44. The maximum Gasteiger partial charge on any atom is 0.295 e. The molecular formula is C41H45N2O3S+. The van der Waals surface area contributed by atoms with Crippen LogP contribution in [0.5, 0.6) is 0 Å². The summed E-state index contributed by atoms with van der Waals surface area (Å²) in [5.41, 5.74) is 9.74. The van der Waals surface area contributed by atoms with Crippen molar-refractivity contribution in [3.63, 3.8) is 0 Å². The maximum absolute atomic E-state index is 12.6. The standard InChI is InChI=1S/C41H44N2O3S/c1-5-7-29-42(35-21-13-31(3)14-22-35)37-25-17-33(18-26-37)41(39-11-9-10-12-40(39)47(44,45)46)34-19-27-38(28-20-34)43(30-8-6-2)36-23-15-32(4)16-24-36/h9-28H,5-8,29-30H2,1-4H3/p+1. The van der Waals surface area contributed by atoms with Crippen molar-refractivity contribution < 1.29 is 17.5 Å². The van der Waals surface area contributed by atoms with Crippen molar-refractivity contribution in [1.82, 2.24) is 0 Å². The minimum Gasteiger partial charge on any atom is -0.341 e. The highest BCUT2D eigenvalue weighted by Crippen LogP contribution is 2.36. The van der Waals surface area contributed by atoms with Crippen LogP contribution < -0.4 is 4.90 Å². The summed E-state index contributed by atoms with van der Waals surface area (Å²) >= 11 is 0. The zero-order valence-corrected chi connectivity index (χ0v) is 28.7. The Morgan fingerprint density at radius 2 is 1.26 bits per heavy atom. The monoisotopic (exact) mass is 645 g/mol. The van der Waals surface area contributed by atoms with Crippen LogP contribution in [-0.2, 0) is 10.1 Å². The number of hydrogen-bond donors (Lipinski definition) is 1. The van der Waals surface area contributed by atoms with E-state index >= 15 is 0 Å². The first kappa shape index (κ1) is 33.8. The summed E-state index contributed by atoms with van der Waals surface area (Å²) in [4.78, 5) is 2.21. The fraction of sp³-hybridized carbons (Fsp3) is 0.244. The van der Waals surface area contributed by atoms with Crippen molar-refractivity contribution in [1.29, 1.82) is 0 Å². The van der Waals surface area contributed by atoms with E-state index in [1.165, 1.54) is 17.2 Å². The van der Waals surface area contributed by atoms with Gasteiger partial charge in [-0.3, -0.25) is 4.55 Å². The van der Waals surface area contributed by atoms with Gasteiger partial charge in [-0.1, -0.05) is 92.4 Å². The van der Waals surface area contributed by atoms with Crippen LogP contribution in [0.25, 0.3) is 5.57 Å². The molecule has 5 nitrogen and oxygen atoms in total. The number of aryl methyl sites for hydroxylation is 2. The van der Waals surface area contributed by atoms with Gasteiger partial charge in [-0.05, 0) is 79.5 Å². The van der Waals surface area contributed by atoms with E-state index in [9.17, 15) is 13.0 Å². The van der Waals surface area contributed by atoms with Crippen LogP contribution in [0.4, 0.5) is 17.1 Å². The second kappa shape index (κ2) is 15.4. The summed E-state index contributed by atoms with van der Waals surface area (Å²) in [6.07, 6.45) is 12.6. The molecule has 4 aromatic carbocycles. The number of rotatable bonds is 12. The molecule has 47 heavy (non-hydrogen) atoms. The molecule has 0 heterocycles. The first-order valence-electron chi connectivity index (χ1n) is 16.5. The SMILES string of the molecule is CCCCN(c1ccc(C)cc1)c1ccc(C(=C2C=CC(=[N+](CCCC)c3ccc(C)cc3)C=C2)c2ccccc2S(=O)(=O)O)cc1. The number of allylic oxidation sites excluding steroid dienone is 5. The molecule has 0 atom stereocenters. The summed E-state index contributed by atoms with van der Waals surface area (Å²) in [5, 5.41) is 0. The number of nitrogens with zero attached hydrogens (tertiary/aromatic N) is 2. The van der Waals surface area contributed by atoms with Gasteiger partial charge in [-0.15, -0.1) is 0 Å². The molecule has 0 unspecified atom stereocenters. The molecule has 0 saturated heterocycles. The predicted molar refractivity (Wildman–Crippen MR) is 196 cm³/mol. The van der Waals surface area contributed by atoms with Gasteiger partial charge in [0.05, 0.1) is 0 Å². The van der Waals surface area contributed by atoms with Gasteiger partial charge in [0.1, 0.15) is 11.4 Å². The summed E-state index contributed by atoms with van der Waals surface area (Å²) in [5.74, 6) is 0. The molecule has 0 saturated carbocycles. The molecule has 1 aliphatic carbocycles. The van der Waals surface area contributed by atoms with Gasteiger partial charge >= 0.3 is 0 Å². The lowest BCUT2D eigenvalue weighted by molar-refractivity contribution is -0.439. The molecule has 1 aliphatic rings. The lowest BCUT2D eigenvalue weighted by atomic mass is 9.90. The number of anilines is 2. The van der Waals surface area contributed by atoms with Gasteiger partial charge in [0.15, 0.2) is 0 Å². The average molecular weight is 646 g/mol. The molecule has 0 aliphatic heterocycles. The highest BCUT2D eigenvalue weighted by atomic mass is 32.2. The molecule has 0 radical (unpaired) electrons. The van der Waals surface area contributed by atoms with Crippen molar-refractivity contribution in [2.45, 2.75) is 58.3 Å². The van der Waals surface area contributed by atoms with E-state index in [2.05, 4.69) is 110 Å². The van der Waals surface area contributed by atoms with Crippen LogP contribution in [0.1, 0.15) is 61.8 Å². The fourth-order valence-electron chi connectivity index (χ4n) is 5.89. The van der Waals surface area contributed by atoms with Crippen molar-refractivity contribution in [3.05, 3.63) is 149 Å². The lowest BCUT2D eigenvalue weighted by Gasteiger charge is -2.26. The number of hydrogen-bond acceptors (Lipinski definition) is 3. The maximum atomic E-state index is 12.6. The first-order chi connectivity index (χ1) is 22.7. The molecule has 1 N–H and O–H groups in total. The molecule has 6 heteroatoms. The van der Waals surface area contributed by atoms with E-state index in [4.69, 9.17) is 0 Å². The fourth-order valence-corrected chi connectivity index (χ4v) is 6.59. The molecule has 0 spiro atoms. The molecule has 0 fully saturated rings. The highest BCUT2D eigenvalue weighted by Gasteiger charge is 2.23. The molecule has 5 rings (SSSR count). The lowest BCUT2D eigenvalue weighted by Crippen LogP contribution is -2.18. The summed E-state index contributed by atoms with van der Waals surface area (Å²) in [7, 11) is -4.47. The molecule has 0 aromatic heterocycles. The van der Waals surface area contributed by atoms with Gasteiger partial charge in [-0.25, -0.2) is 0 Å². The Morgan fingerprint density at radius 3 is 1.83 bits per heavy atom. The first-order valence-corrected chi connectivity index (χ1v) is 18.0. The largest absolute Gasteiger partial charge is 0.341 e. The van der Waals surface area contributed by atoms with Gasteiger partial charge in [0, 0.05) is 54.2 Å². The topological polar surface area (TPSA) is 60.6 Å². The molecular weight excluding hydrogens is 601 g/mol. The van der Waals surface area contributed by atoms with Crippen LogP contribution in [-0.4, -0.2) is 36.3 Å². The Balaban J connectivity index is 1.63. The van der Waals surface area contributed by atoms with E-state index < -0.39 is 10.1 Å². The zero-order chi connectivity index (χ0) is 33.4. The van der Waals surface area contributed by atoms with Crippen LogP contribution in [0.3, 0.4) is 0 Å². The summed E-state index contributed by atoms with van der Waals surface area (Å²) in [6, 6.07) is 32.1. The predicted octanol–water partition coefficient (Wildman–Crippen LogP) is 10.0. The Kier molecular flexibility index (Phi) is 11.1. The molecule has 0 amide bonds. The molecule has 4 aromatic rings. The van der Waals surface area contributed by atoms with Crippen LogP contribution in [0, 0.1) is 13.8 Å². The second-order valence-electron chi connectivity index (χ2n) is 12.1. The van der Waals surface area contributed by atoms with E-state index in [-0.39, 0.29) is 4.90 Å². The van der Waals surface area contributed by atoms with E-state index in [0.717, 1.165) is 78.3 Å². The highest BCUT2D eigenvalue weighted by molar-refractivity contribution is 7.86.